The van der Waals surface area contributed by atoms with Gasteiger partial charge in [-0.3, -0.25) is 14.9 Å². The van der Waals surface area contributed by atoms with Crippen molar-refractivity contribution in [3.8, 4) is 11.5 Å². The second-order valence-corrected chi connectivity index (χ2v) is 6.80. The number of ether oxygens (including phenoxy) is 3. The first-order valence-electron chi connectivity index (χ1n) is 9.30. The quantitative estimate of drug-likeness (QED) is 0.323. The topological polar surface area (TPSA) is 108 Å². The van der Waals surface area contributed by atoms with Gasteiger partial charge in [-0.1, -0.05) is 18.2 Å². The van der Waals surface area contributed by atoms with Crippen LogP contribution in [-0.2, 0) is 20.7 Å². The molecular formula is C21H18N2O7. The van der Waals surface area contributed by atoms with Crippen molar-refractivity contribution in [1.29, 1.82) is 0 Å². The van der Waals surface area contributed by atoms with E-state index in [4.69, 9.17) is 14.2 Å². The number of hydrogen-bond acceptors (Lipinski definition) is 7. The normalized spacial score (nSPS) is 15.2. The van der Waals surface area contributed by atoms with Gasteiger partial charge in [0.1, 0.15) is 0 Å². The summed E-state index contributed by atoms with van der Waals surface area (Å²) in [6.45, 7) is 2.00. The molecule has 4 rings (SSSR count). The van der Waals surface area contributed by atoms with Gasteiger partial charge in [0.05, 0.1) is 16.6 Å². The highest BCUT2D eigenvalue weighted by atomic mass is 16.7. The lowest BCUT2D eigenvalue weighted by molar-refractivity contribution is -0.385. The molecule has 154 valence electrons. The molecule has 9 nitrogen and oxygen atoms in total. The standard InChI is InChI=1S/C21H18N2O7/c1-13(21(25)22-9-8-14-4-2-3-5-16(14)22)30-20(24)7-6-15-10-18-19(29-12-28-18)11-17(15)23(26)27/h2-7,10-11,13H,8-9,12H2,1H3/b7-6+/t13-/m1/s1. The maximum atomic E-state index is 12.7. The van der Waals surface area contributed by atoms with Gasteiger partial charge in [-0.2, -0.15) is 0 Å². The van der Waals surface area contributed by atoms with Crippen LogP contribution < -0.4 is 14.4 Å². The first-order valence-corrected chi connectivity index (χ1v) is 9.30. The molecule has 1 amide bonds. The van der Waals surface area contributed by atoms with Gasteiger partial charge < -0.3 is 19.1 Å². The lowest BCUT2D eigenvalue weighted by Gasteiger charge is -2.21. The first kappa shape index (κ1) is 19.4. The predicted octanol–water partition coefficient (Wildman–Crippen LogP) is 2.86. The molecule has 9 heteroatoms. The Morgan fingerprint density at radius 2 is 1.97 bits per heavy atom. The summed E-state index contributed by atoms with van der Waals surface area (Å²) in [6, 6.07) is 10.2. The van der Waals surface area contributed by atoms with Gasteiger partial charge in [0.15, 0.2) is 17.6 Å². The molecule has 0 aromatic heterocycles. The Morgan fingerprint density at radius 3 is 2.73 bits per heavy atom. The van der Waals surface area contributed by atoms with Crippen molar-refractivity contribution in [3.05, 3.63) is 63.7 Å². The molecular weight excluding hydrogens is 392 g/mol. The molecule has 0 fully saturated rings. The van der Waals surface area contributed by atoms with E-state index in [2.05, 4.69) is 0 Å². The molecule has 0 N–H and O–H groups in total. The fourth-order valence-electron chi connectivity index (χ4n) is 3.45. The van der Waals surface area contributed by atoms with Crippen molar-refractivity contribution in [2.45, 2.75) is 19.4 Å². The van der Waals surface area contributed by atoms with Crippen molar-refractivity contribution >= 4 is 29.3 Å². The highest BCUT2D eigenvalue weighted by Crippen LogP contribution is 2.38. The van der Waals surface area contributed by atoms with Crippen molar-refractivity contribution in [1.82, 2.24) is 0 Å². The van der Waals surface area contributed by atoms with Crippen LogP contribution in [0.1, 0.15) is 18.1 Å². The zero-order chi connectivity index (χ0) is 21.3. The molecule has 2 heterocycles. The third-order valence-corrected chi connectivity index (χ3v) is 4.91. The molecule has 0 saturated carbocycles. The number of para-hydroxylation sites is 1. The Labute approximate surface area is 171 Å². The van der Waals surface area contributed by atoms with E-state index in [1.807, 2.05) is 24.3 Å². The van der Waals surface area contributed by atoms with Crippen molar-refractivity contribution in [2.75, 3.05) is 18.2 Å². The molecule has 2 aromatic carbocycles. The van der Waals surface area contributed by atoms with E-state index in [0.717, 1.165) is 23.7 Å². The number of nitro benzene ring substituents is 1. The van der Waals surface area contributed by atoms with E-state index < -0.39 is 17.0 Å². The second-order valence-electron chi connectivity index (χ2n) is 6.80. The zero-order valence-electron chi connectivity index (χ0n) is 16.1. The van der Waals surface area contributed by atoms with Crippen molar-refractivity contribution in [3.63, 3.8) is 0 Å². The molecule has 2 aromatic rings. The molecule has 0 spiro atoms. The van der Waals surface area contributed by atoms with Crippen LogP contribution in [0.2, 0.25) is 0 Å². The Hall–Kier alpha value is -3.88. The number of carbonyl (C=O) groups is 2. The molecule has 2 aliphatic rings. The third-order valence-electron chi connectivity index (χ3n) is 4.91. The van der Waals surface area contributed by atoms with Crippen molar-refractivity contribution < 1.29 is 28.7 Å². The number of rotatable bonds is 5. The van der Waals surface area contributed by atoms with E-state index in [1.165, 1.54) is 25.1 Å². The molecule has 0 bridgehead atoms. The number of fused-ring (bicyclic) bond motifs is 2. The summed E-state index contributed by atoms with van der Waals surface area (Å²) in [5.74, 6) is -0.484. The Bertz CT molecular complexity index is 1060. The van der Waals surface area contributed by atoms with Gasteiger partial charge in [-0.25, -0.2) is 4.79 Å². The molecule has 0 aliphatic carbocycles. The van der Waals surface area contributed by atoms with E-state index >= 15 is 0 Å². The second kappa shape index (κ2) is 7.86. The van der Waals surface area contributed by atoms with Gasteiger partial charge in [0.2, 0.25) is 6.79 Å². The van der Waals surface area contributed by atoms with Gasteiger partial charge in [-0.15, -0.1) is 0 Å². The maximum Gasteiger partial charge on any atom is 0.331 e. The Morgan fingerprint density at radius 1 is 1.23 bits per heavy atom. The summed E-state index contributed by atoms with van der Waals surface area (Å²) in [5, 5.41) is 11.3. The smallest absolute Gasteiger partial charge is 0.331 e. The van der Waals surface area contributed by atoms with E-state index in [9.17, 15) is 19.7 Å². The average molecular weight is 410 g/mol. The molecule has 0 radical (unpaired) electrons. The van der Waals surface area contributed by atoms with Gasteiger partial charge in [0, 0.05) is 18.3 Å². The number of anilines is 1. The molecule has 1 atom stereocenters. The number of esters is 1. The van der Waals surface area contributed by atoms with Crippen LogP contribution in [0.3, 0.4) is 0 Å². The molecule has 2 aliphatic heterocycles. The van der Waals surface area contributed by atoms with Crippen LogP contribution in [0.25, 0.3) is 6.08 Å². The van der Waals surface area contributed by atoms with E-state index in [-0.39, 0.29) is 29.7 Å². The fourth-order valence-corrected chi connectivity index (χ4v) is 3.45. The van der Waals surface area contributed by atoms with Crippen LogP contribution >= 0.6 is 0 Å². The van der Waals surface area contributed by atoms with Crippen LogP contribution in [0.5, 0.6) is 11.5 Å². The average Bonchev–Trinajstić information content (AvgIpc) is 3.37. The summed E-state index contributed by atoms with van der Waals surface area (Å²) >= 11 is 0. The number of benzene rings is 2. The Kier molecular flexibility index (Phi) is 5.09. The third kappa shape index (κ3) is 3.69. The summed E-state index contributed by atoms with van der Waals surface area (Å²) in [4.78, 5) is 37.2. The number of hydrogen-bond donors (Lipinski definition) is 0. The lowest BCUT2D eigenvalue weighted by atomic mass is 10.1. The number of nitrogens with zero attached hydrogens (tertiary/aromatic N) is 2. The molecule has 30 heavy (non-hydrogen) atoms. The van der Waals surface area contributed by atoms with E-state index in [0.29, 0.717) is 12.3 Å². The SMILES string of the molecule is C[C@@H](OC(=O)/C=C/c1cc2c(cc1[N+](=O)[O-])OCO2)C(=O)N1CCc2ccccc21. The minimum atomic E-state index is -1.000. The van der Waals surface area contributed by atoms with Crippen molar-refractivity contribution in [2.24, 2.45) is 0 Å². The molecule has 0 unspecified atom stereocenters. The highest BCUT2D eigenvalue weighted by molar-refractivity contribution is 6.00. The van der Waals surface area contributed by atoms with Gasteiger partial charge in [0.25, 0.3) is 11.6 Å². The minimum Gasteiger partial charge on any atom is -0.454 e. The van der Waals surface area contributed by atoms with Crippen LogP contribution in [0.4, 0.5) is 11.4 Å². The maximum absolute atomic E-state index is 12.7. The lowest BCUT2D eigenvalue weighted by Crippen LogP contribution is -2.38. The summed E-state index contributed by atoms with van der Waals surface area (Å²) < 4.78 is 15.6. The zero-order valence-corrected chi connectivity index (χ0v) is 16.1. The summed E-state index contributed by atoms with van der Waals surface area (Å²) in [5.41, 5.74) is 1.81. The number of nitro groups is 1. The minimum absolute atomic E-state index is 0.0268. The first-order chi connectivity index (χ1) is 14.4. The van der Waals surface area contributed by atoms with Gasteiger partial charge >= 0.3 is 5.97 Å². The van der Waals surface area contributed by atoms with Crippen LogP contribution in [-0.4, -0.2) is 36.2 Å². The van der Waals surface area contributed by atoms with Gasteiger partial charge in [-0.05, 0) is 37.1 Å². The largest absolute Gasteiger partial charge is 0.454 e. The van der Waals surface area contributed by atoms with Crippen LogP contribution in [0, 0.1) is 10.1 Å². The monoisotopic (exact) mass is 410 g/mol. The predicted molar refractivity (Wildman–Crippen MR) is 106 cm³/mol. The Balaban J connectivity index is 1.44. The number of carbonyl (C=O) groups excluding carboxylic acids is 2. The fraction of sp³-hybridized carbons (Fsp3) is 0.238. The highest BCUT2D eigenvalue weighted by Gasteiger charge is 2.29. The molecule has 0 saturated heterocycles. The van der Waals surface area contributed by atoms with E-state index in [1.54, 1.807) is 4.90 Å². The summed E-state index contributed by atoms with van der Waals surface area (Å²) in [7, 11) is 0. The number of amides is 1. The van der Waals surface area contributed by atoms with Crippen LogP contribution in [0.15, 0.2) is 42.5 Å². The summed E-state index contributed by atoms with van der Waals surface area (Å²) in [6.07, 6.45) is 2.05.